The molecule has 2 aromatic heterocycles. The van der Waals surface area contributed by atoms with Crippen molar-refractivity contribution in [2.45, 2.75) is 39.4 Å². The maximum absolute atomic E-state index is 12.2. The molecule has 0 spiro atoms. The Bertz CT molecular complexity index is 592. The third-order valence-electron chi connectivity index (χ3n) is 2.69. The zero-order chi connectivity index (χ0) is 15.4. The Hall–Kier alpha value is -2.09. The largest absolute Gasteiger partial charge is 0.382 e. The fourth-order valence-corrected chi connectivity index (χ4v) is 2.78. The molecule has 0 aromatic carbocycles. The summed E-state index contributed by atoms with van der Waals surface area (Å²) in [6.07, 6.45) is 5.28. The first-order valence-corrected chi connectivity index (χ1v) is 7.56. The van der Waals surface area contributed by atoms with Crippen LogP contribution < -0.4 is 16.4 Å². The van der Waals surface area contributed by atoms with Crippen molar-refractivity contribution >= 4 is 28.2 Å². The van der Waals surface area contributed by atoms with Crippen LogP contribution in [0.25, 0.3) is 0 Å². The van der Waals surface area contributed by atoms with Gasteiger partial charge in [0.2, 0.25) is 0 Å². The number of hydrogen-bond acceptors (Lipinski definition) is 6. The van der Waals surface area contributed by atoms with Gasteiger partial charge >= 0.3 is 0 Å². The number of rotatable bonds is 6. The number of carbonyl (C=O) groups excluding carboxylic acids is 1. The minimum atomic E-state index is -0.200. The van der Waals surface area contributed by atoms with E-state index in [9.17, 15) is 4.79 Å². The number of imidazole rings is 1. The summed E-state index contributed by atoms with van der Waals surface area (Å²) in [4.78, 5) is 20.8. The lowest BCUT2D eigenvalue weighted by molar-refractivity contribution is 0.0941. The Morgan fingerprint density at radius 1 is 1.48 bits per heavy atom. The quantitative estimate of drug-likeness (QED) is 0.752. The molecule has 0 fully saturated rings. The van der Waals surface area contributed by atoms with Crippen LogP contribution in [0.5, 0.6) is 0 Å². The molecule has 0 saturated carbocycles. The molecule has 4 N–H and O–H groups in total. The summed E-state index contributed by atoms with van der Waals surface area (Å²) in [6.45, 7) is 6.60. The van der Waals surface area contributed by atoms with Crippen LogP contribution in [0.4, 0.5) is 10.9 Å². The molecular formula is C13H20N6OS. The molecule has 2 heterocycles. The van der Waals surface area contributed by atoms with Gasteiger partial charge in [-0.05, 0) is 20.8 Å². The van der Waals surface area contributed by atoms with E-state index in [0.29, 0.717) is 16.6 Å². The molecule has 1 amide bonds. The third kappa shape index (κ3) is 4.19. The van der Waals surface area contributed by atoms with Gasteiger partial charge in [0, 0.05) is 31.0 Å². The van der Waals surface area contributed by atoms with Crippen LogP contribution in [0.3, 0.4) is 0 Å². The number of thiazole rings is 1. The lowest BCUT2D eigenvalue weighted by atomic mass is 10.3. The van der Waals surface area contributed by atoms with Crippen molar-refractivity contribution in [2.75, 3.05) is 11.1 Å². The second kappa shape index (κ2) is 6.57. The van der Waals surface area contributed by atoms with Crippen molar-refractivity contribution in [1.82, 2.24) is 19.9 Å². The van der Waals surface area contributed by atoms with Crippen LogP contribution in [0.15, 0.2) is 18.7 Å². The Morgan fingerprint density at radius 3 is 2.86 bits per heavy atom. The monoisotopic (exact) mass is 308 g/mol. The van der Waals surface area contributed by atoms with Gasteiger partial charge in [-0.1, -0.05) is 11.3 Å². The number of anilines is 2. The van der Waals surface area contributed by atoms with Gasteiger partial charge in [-0.15, -0.1) is 0 Å². The molecule has 7 nitrogen and oxygen atoms in total. The van der Waals surface area contributed by atoms with E-state index in [1.54, 1.807) is 12.5 Å². The molecule has 1 unspecified atom stereocenters. The van der Waals surface area contributed by atoms with Gasteiger partial charge in [-0.2, -0.15) is 0 Å². The molecule has 0 aliphatic rings. The zero-order valence-corrected chi connectivity index (χ0v) is 13.1. The predicted molar refractivity (Wildman–Crippen MR) is 84.4 cm³/mol. The average Bonchev–Trinajstić information content (AvgIpc) is 2.98. The minimum Gasteiger partial charge on any atom is -0.382 e. The highest BCUT2D eigenvalue weighted by atomic mass is 32.1. The Balaban J connectivity index is 1.97. The standard InChI is InChI=1S/C13H20N6OS/c1-8(2)16-13-18-11(14)10(21-13)12(20)17-9(3)6-19-5-4-15-7-19/h4-5,7-9H,6,14H2,1-3H3,(H,16,18)(H,17,20). The Morgan fingerprint density at radius 2 is 2.24 bits per heavy atom. The maximum Gasteiger partial charge on any atom is 0.265 e. The van der Waals surface area contributed by atoms with Gasteiger partial charge in [-0.3, -0.25) is 4.79 Å². The fourth-order valence-electron chi connectivity index (χ4n) is 1.85. The number of amides is 1. The van der Waals surface area contributed by atoms with E-state index >= 15 is 0 Å². The molecule has 2 rings (SSSR count). The lowest BCUT2D eigenvalue weighted by Gasteiger charge is -2.13. The minimum absolute atomic E-state index is 0.0327. The molecule has 1 atom stereocenters. The first-order chi connectivity index (χ1) is 9.95. The summed E-state index contributed by atoms with van der Waals surface area (Å²) >= 11 is 1.27. The van der Waals surface area contributed by atoms with Crippen LogP contribution in [-0.2, 0) is 6.54 Å². The number of nitrogens with zero attached hydrogens (tertiary/aromatic N) is 3. The second-order valence-corrected chi connectivity index (χ2v) is 6.17. The van der Waals surface area contributed by atoms with E-state index < -0.39 is 0 Å². The SMILES string of the molecule is CC(C)Nc1nc(N)c(C(=O)NC(C)Cn2ccnc2)s1. The van der Waals surface area contributed by atoms with Gasteiger partial charge in [0.05, 0.1) is 6.33 Å². The summed E-state index contributed by atoms with van der Waals surface area (Å²) in [5.41, 5.74) is 5.81. The van der Waals surface area contributed by atoms with Gasteiger partial charge in [0.25, 0.3) is 5.91 Å². The van der Waals surface area contributed by atoms with Gasteiger partial charge in [0.15, 0.2) is 5.13 Å². The highest BCUT2D eigenvalue weighted by Crippen LogP contribution is 2.25. The first-order valence-electron chi connectivity index (χ1n) is 6.75. The highest BCUT2D eigenvalue weighted by Gasteiger charge is 2.18. The van der Waals surface area contributed by atoms with Crippen LogP contribution in [0.1, 0.15) is 30.4 Å². The summed E-state index contributed by atoms with van der Waals surface area (Å²) in [6, 6.07) is 0.210. The molecule has 2 aromatic rings. The van der Waals surface area contributed by atoms with Gasteiger partial charge in [-0.25, -0.2) is 9.97 Å². The molecule has 21 heavy (non-hydrogen) atoms. The summed E-state index contributed by atoms with van der Waals surface area (Å²) in [7, 11) is 0. The van der Waals surface area contributed by atoms with E-state index in [1.165, 1.54) is 11.3 Å². The van der Waals surface area contributed by atoms with E-state index in [2.05, 4.69) is 20.6 Å². The molecular weight excluding hydrogens is 288 g/mol. The van der Waals surface area contributed by atoms with E-state index in [-0.39, 0.29) is 23.8 Å². The van der Waals surface area contributed by atoms with Gasteiger partial charge < -0.3 is 20.9 Å². The zero-order valence-electron chi connectivity index (χ0n) is 12.3. The second-order valence-electron chi connectivity index (χ2n) is 5.17. The smallest absolute Gasteiger partial charge is 0.265 e. The highest BCUT2D eigenvalue weighted by molar-refractivity contribution is 7.18. The van der Waals surface area contributed by atoms with Gasteiger partial charge in [0.1, 0.15) is 10.7 Å². The molecule has 114 valence electrons. The van der Waals surface area contributed by atoms with E-state index in [0.717, 1.165) is 0 Å². The topological polar surface area (TPSA) is 97.9 Å². The number of nitrogens with two attached hydrogens (primary N) is 1. The molecule has 0 saturated heterocycles. The Kier molecular flexibility index (Phi) is 4.79. The molecule has 0 bridgehead atoms. The summed E-state index contributed by atoms with van der Waals surface area (Å²) in [5, 5.41) is 6.72. The van der Waals surface area contributed by atoms with Crippen molar-refractivity contribution in [2.24, 2.45) is 0 Å². The van der Waals surface area contributed by atoms with E-state index in [4.69, 9.17) is 5.73 Å². The van der Waals surface area contributed by atoms with Crippen molar-refractivity contribution < 1.29 is 4.79 Å². The van der Waals surface area contributed by atoms with Crippen molar-refractivity contribution in [3.63, 3.8) is 0 Å². The fraction of sp³-hybridized carbons (Fsp3) is 0.462. The average molecular weight is 308 g/mol. The summed E-state index contributed by atoms with van der Waals surface area (Å²) < 4.78 is 1.91. The predicted octanol–water partition coefficient (Wildman–Crippen LogP) is 1.56. The summed E-state index contributed by atoms with van der Waals surface area (Å²) in [5.74, 6) is 0.0601. The lowest BCUT2D eigenvalue weighted by Crippen LogP contribution is -2.35. The normalized spacial score (nSPS) is 12.4. The Labute approximate surface area is 127 Å². The molecule has 0 radical (unpaired) electrons. The number of nitrogens with one attached hydrogen (secondary N) is 2. The molecule has 0 aliphatic carbocycles. The molecule has 8 heteroatoms. The first kappa shape index (κ1) is 15.3. The number of carbonyl (C=O) groups is 1. The number of aromatic nitrogens is 3. The van der Waals surface area contributed by atoms with Crippen LogP contribution in [0, 0.1) is 0 Å². The number of hydrogen-bond donors (Lipinski definition) is 3. The van der Waals surface area contributed by atoms with Crippen molar-refractivity contribution in [3.8, 4) is 0 Å². The van der Waals surface area contributed by atoms with Crippen LogP contribution in [-0.4, -0.2) is 32.5 Å². The van der Waals surface area contributed by atoms with Crippen molar-refractivity contribution in [1.29, 1.82) is 0 Å². The van der Waals surface area contributed by atoms with Crippen LogP contribution in [0.2, 0.25) is 0 Å². The molecule has 0 aliphatic heterocycles. The van der Waals surface area contributed by atoms with Crippen molar-refractivity contribution in [3.05, 3.63) is 23.6 Å². The van der Waals surface area contributed by atoms with E-state index in [1.807, 2.05) is 31.5 Å². The third-order valence-corrected chi connectivity index (χ3v) is 3.69. The maximum atomic E-state index is 12.2. The number of nitrogen functional groups attached to an aromatic ring is 1. The van der Waals surface area contributed by atoms with Crippen LogP contribution >= 0.6 is 11.3 Å².